The predicted octanol–water partition coefficient (Wildman–Crippen LogP) is -1.89. The Morgan fingerprint density at radius 3 is 2.58 bits per heavy atom. The average Bonchev–Trinajstić information content (AvgIpc) is 2.38. The van der Waals surface area contributed by atoms with Gasteiger partial charge in [0.05, 0.1) is 13.2 Å². The van der Waals surface area contributed by atoms with Crippen LogP contribution in [0.1, 0.15) is 0 Å². The van der Waals surface area contributed by atoms with Crippen LogP contribution in [0.15, 0.2) is 0 Å². The number of aliphatic hydroxyl groups is 3. The fourth-order valence-electron chi connectivity index (χ4n) is 1.27. The van der Waals surface area contributed by atoms with Gasteiger partial charge in [0.25, 0.3) is 0 Å². The summed E-state index contributed by atoms with van der Waals surface area (Å²) >= 11 is 0. The normalized spacial score (nSPS) is 38.5. The lowest BCUT2D eigenvalue weighted by molar-refractivity contribution is -0.0855. The van der Waals surface area contributed by atoms with Crippen LogP contribution in [0.25, 0.3) is 0 Å². The summed E-state index contributed by atoms with van der Waals surface area (Å²) in [4.78, 5) is 0. The Balaban J connectivity index is 2.51. The summed E-state index contributed by atoms with van der Waals surface area (Å²) < 4.78 is 9.89. The molecule has 0 bridgehead atoms. The molecule has 5 heteroatoms. The van der Waals surface area contributed by atoms with Gasteiger partial charge in [0.15, 0.2) is 0 Å². The SMILES string of the molecule is CO[C@@H](CO)[C@H]1OC[C@@H](O)[C@@H]1O. The van der Waals surface area contributed by atoms with E-state index >= 15 is 0 Å². The van der Waals surface area contributed by atoms with Crippen molar-refractivity contribution in [1.29, 1.82) is 0 Å². The minimum absolute atomic E-state index is 0.0890. The molecule has 0 aromatic carbocycles. The van der Waals surface area contributed by atoms with E-state index in [-0.39, 0.29) is 13.2 Å². The quantitative estimate of drug-likeness (QED) is 0.471. The summed E-state index contributed by atoms with van der Waals surface area (Å²) in [5.74, 6) is 0. The van der Waals surface area contributed by atoms with Crippen molar-refractivity contribution in [1.82, 2.24) is 0 Å². The van der Waals surface area contributed by atoms with Crippen molar-refractivity contribution in [3.8, 4) is 0 Å². The number of aliphatic hydroxyl groups excluding tert-OH is 3. The first-order chi connectivity index (χ1) is 5.70. The molecule has 0 saturated carbocycles. The van der Waals surface area contributed by atoms with Crippen LogP contribution in [-0.4, -0.2) is 60.1 Å². The van der Waals surface area contributed by atoms with Crippen LogP contribution >= 0.6 is 0 Å². The molecule has 72 valence electrons. The fraction of sp³-hybridized carbons (Fsp3) is 1.00. The maximum Gasteiger partial charge on any atom is 0.114 e. The third-order valence-electron chi connectivity index (χ3n) is 2.04. The summed E-state index contributed by atoms with van der Waals surface area (Å²) in [6.07, 6.45) is -3.05. The van der Waals surface area contributed by atoms with Gasteiger partial charge in [-0.05, 0) is 0 Å². The molecule has 0 aromatic rings. The third-order valence-corrected chi connectivity index (χ3v) is 2.04. The second-order valence-corrected chi connectivity index (χ2v) is 2.81. The molecule has 0 unspecified atom stereocenters. The molecular weight excluding hydrogens is 164 g/mol. The van der Waals surface area contributed by atoms with Gasteiger partial charge in [0.1, 0.15) is 24.4 Å². The maximum absolute atomic E-state index is 9.32. The molecule has 0 spiro atoms. The third kappa shape index (κ3) is 1.75. The van der Waals surface area contributed by atoms with Gasteiger partial charge in [-0.2, -0.15) is 0 Å². The van der Waals surface area contributed by atoms with Crippen molar-refractivity contribution in [3.63, 3.8) is 0 Å². The Labute approximate surface area is 70.5 Å². The van der Waals surface area contributed by atoms with Crippen molar-refractivity contribution >= 4 is 0 Å². The Kier molecular flexibility index (Phi) is 3.42. The highest BCUT2D eigenvalue weighted by Crippen LogP contribution is 2.18. The predicted molar refractivity (Wildman–Crippen MR) is 39.6 cm³/mol. The first-order valence-corrected chi connectivity index (χ1v) is 3.82. The lowest BCUT2D eigenvalue weighted by Gasteiger charge is -2.22. The molecule has 1 aliphatic rings. The van der Waals surface area contributed by atoms with E-state index in [1.54, 1.807) is 0 Å². The lowest BCUT2D eigenvalue weighted by Crippen LogP contribution is -2.41. The molecule has 1 saturated heterocycles. The second kappa shape index (κ2) is 4.15. The van der Waals surface area contributed by atoms with E-state index in [2.05, 4.69) is 0 Å². The topological polar surface area (TPSA) is 79.2 Å². The van der Waals surface area contributed by atoms with E-state index in [9.17, 15) is 5.11 Å². The zero-order valence-corrected chi connectivity index (χ0v) is 6.88. The Bertz CT molecular complexity index is 136. The van der Waals surface area contributed by atoms with Crippen LogP contribution in [-0.2, 0) is 9.47 Å². The van der Waals surface area contributed by atoms with E-state index in [0.29, 0.717) is 0 Å². The molecule has 0 radical (unpaired) electrons. The summed E-state index contributed by atoms with van der Waals surface area (Å²) in [5, 5.41) is 27.2. The molecular formula is C7H14O5. The van der Waals surface area contributed by atoms with Crippen LogP contribution in [0.2, 0.25) is 0 Å². The summed E-state index contributed by atoms with van der Waals surface area (Å²) in [7, 11) is 1.42. The van der Waals surface area contributed by atoms with Gasteiger partial charge < -0.3 is 24.8 Å². The molecule has 4 atom stereocenters. The van der Waals surface area contributed by atoms with Gasteiger partial charge in [-0.3, -0.25) is 0 Å². The second-order valence-electron chi connectivity index (χ2n) is 2.81. The van der Waals surface area contributed by atoms with Gasteiger partial charge >= 0.3 is 0 Å². The standard InChI is InChI=1S/C7H14O5/c1-11-5(2-8)7-6(10)4(9)3-12-7/h4-10H,2-3H2,1H3/t4-,5+,6+,7-/m1/s1. The highest BCUT2D eigenvalue weighted by molar-refractivity contribution is 4.88. The molecule has 0 aromatic heterocycles. The Morgan fingerprint density at radius 1 is 1.58 bits per heavy atom. The van der Waals surface area contributed by atoms with E-state index in [1.165, 1.54) is 7.11 Å². The molecule has 1 rings (SSSR count). The first-order valence-electron chi connectivity index (χ1n) is 3.82. The average molecular weight is 178 g/mol. The Morgan fingerprint density at radius 2 is 2.25 bits per heavy atom. The molecule has 1 heterocycles. The van der Waals surface area contributed by atoms with Crippen LogP contribution < -0.4 is 0 Å². The van der Waals surface area contributed by atoms with Crippen molar-refractivity contribution in [2.75, 3.05) is 20.3 Å². The zero-order valence-electron chi connectivity index (χ0n) is 6.88. The molecule has 5 nitrogen and oxygen atoms in total. The van der Waals surface area contributed by atoms with Gasteiger partial charge in [-0.1, -0.05) is 0 Å². The lowest BCUT2D eigenvalue weighted by atomic mass is 10.1. The van der Waals surface area contributed by atoms with Gasteiger partial charge in [-0.15, -0.1) is 0 Å². The van der Waals surface area contributed by atoms with Gasteiger partial charge in [0, 0.05) is 7.11 Å². The number of methoxy groups -OCH3 is 1. The van der Waals surface area contributed by atoms with Gasteiger partial charge in [0.2, 0.25) is 0 Å². The summed E-state index contributed by atoms with van der Waals surface area (Å²) in [5.41, 5.74) is 0. The molecule has 3 N–H and O–H groups in total. The van der Waals surface area contributed by atoms with E-state index in [0.717, 1.165) is 0 Å². The maximum atomic E-state index is 9.32. The highest BCUT2D eigenvalue weighted by Gasteiger charge is 2.39. The van der Waals surface area contributed by atoms with E-state index < -0.39 is 24.4 Å². The molecule has 12 heavy (non-hydrogen) atoms. The van der Waals surface area contributed by atoms with Gasteiger partial charge in [-0.25, -0.2) is 0 Å². The number of hydrogen-bond acceptors (Lipinski definition) is 5. The van der Waals surface area contributed by atoms with E-state index in [4.69, 9.17) is 19.7 Å². The minimum atomic E-state index is -0.970. The zero-order chi connectivity index (χ0) is 9.14. The molecule has 0 aliphatic carbocycles. The largest absolute Gasteiger partial charge is 0.394 e. The van der Waals surface area contributed by atoms with Crippen molar-refractivity contribution in [2.24, 2.45) is 0 Å². The van der Waals surface area contributed by atoms with Crippen LogP contribution in [0, 0.1) is 0 Å². The highest BCUT2D eigenvalue weighted by atomic mass is 16.6. The number of hydrogen-bond donors (Lipinski definition) is 3. The van der Waals surface area contributed by atoms with E-state index in [1.807, 2.05) is 0 Å². The van der Waals surface area contributed by atoms with Crippen LogP contribution in [0.5, 0.6) is 0 Å². The van der Waals surface area contributed by atoms with Crippen LogP contribution in [0.4, 0.5) is 0 Å². The number of ether oxygens (including phenoxy) is 2. The monoisotopic (exact) mass is 178 g/mol. The van der Waals surface area contributed by atoms with Crippen molar-refractivity contribution < 1.29 is 24.8 Å². The fourth-order valence-corrected chi connectivity index (χ4v) is 1.27. The smallest absolute Gasteiger partial charge is 0.114 e. The first kappa shape index (κ1) is 9.88. The minimum Gasteiger partial charge on any atom is -0.394 e. The molecule has 1 aliphatic heterocycles. The van der Waals surface area contributed by atoms with Crippen molar-refractivity contribution in [2.45, 2.75) is 24.4 Å². The summed E-state index contributed by atoms with van der Waals surface area (Å²) in [6, 6.07) is 0. The number of rotatable bonds is 3. The Hall–Kier alpha value is -0.200. The summed E-state index contributed by atoms with van der Waals surface area (Å²) in [6.45, 7) is -0.142. The van der Waals surface area contributed by atoms with Crippen LogP contribution in [0.3, 0.4) is 0 Å². The van der Waals surface area contributed by atoms with Crippen molar-refractivity contribution in [3.05, 3.63) is 0 Å². The molecule has 0 amide bonds. The molecule has 1 fully saturated rings.